The van der Waals surface area contributed by atoms with Crippen molar-refractivity contribution in [3.05, 3.63) is 40.4 Å². The van der Waals surface area contributed by atoms with Crippen LogP contribution in [-0.2, 0) is 16.6 Å². The number of carbonyl (C=O) groups is 1. The van der Waals surface area contributed by atoms with E-state index in [1.54, 1.807) is 24.3 Å². The van der Waals surface area contributed by atoms with Crippen LogP contribution in [0, 0.1) is 0 Å². The SMILES string of the molecule is Cn1c(C(F)C(=O)N2CCOCC2)nc2ccccc2c1=O. The molecular formula is C15H16FN3O3. The molecule has 0 saturated carbocycles. The Morgan fingerprint density at radius 3 is 2.73 bits per heavy atom. The molecule has 1 fully saturated rings. The summed E-state index contributed by atoms with van der Waals surface area (Å²) in [5.41, 5.74) is 0.0241. The largest absolute Gasteiger partial charge is 0.378 e. The summed E-state index contributed by atoms with van der Waals surface area (Å²) in [4.78, 5) is 30.1. The fraction of sp³-hybridized carbons (Fsp3) is 0.400. The van der Waals surface area contributed by atoms with Gasteiger partial charge in [-0.15, -0.1) is 0 Å². The maximum atomic E-state index is 14.6. The number of nitrogens with zero attached hydrogens (tertiary/aromatic N) is 3. The minimum absolute atomic E-state index is 0.166. The van der Waals surface area contributed by atoms with Gasteiger partial charge >= 0.3 is 0 Å². The van der Waals surface area contributed by atoms with E-state index < -0.39 is 12.1 Å². The number of halogens is 1. The van der Waals surface area contributed by atoms with Gasteiger partial charge in [0.2, 0.25) is 6.17 Å². The van der Waals surface area contributed by atoms with E-state index in [1.807, 2.05) is 0 Å². The second kappa shape index (κ2) is 5.84. The Labute approximate surface area is 126 Å². The Hall–Kier alpha value is -2.28. The number of morpholine rings is 1. The van der Waals surface area contributed by atoms with Gasteiger partial charge in [0.25, 0.3) is 11.5 Å². The van der Waals surface area contributed by atoms with E-state index in [4.69, 9.17) is 4.74 Å². The third kappa shape index (κ3) is 2.48. The highest BCUT2D eigenvalue weighted by Crippen LogP contribution is 2.19. The summed E-state index contributed by atoms with van der Waals surface area (Å²) in [6.45, 7) is 1.48. The standard InChI is InChI=1S/C15H16FN3O3/c1-18-13(12(16)15(21)19-6-8-22-9-7-19)17-11-5-3-2-4-10(11)14(18)20/h2-5,12H,6-9H2,1H3. The van der Waals surface area contributed by atoms with Crippen molar-refractivity contribution in [2.75, 3.05) is 26.3 Å². The smallest absolute Gasteiger partial charge is 0.265 e. The number of rotatable bonds is 2. The first-order valence-electron chi connectivity index (χ1n) is 7.06. The van der Waals surface area contributed by atoms with Crippen LogP contribution in [0.15, 0.2) is 29.1 Å². The van der Waals surface area contributed by atoms with Crippen LogP contribution >= 0.6 is 0 Å². The topological polar surface area (TPSA) is 64.4 Å². The number of ether oxygens (including phenoxy) is 1. The van der Waals surface area contributed by atoms with Crippen molar-refractivity contribution in [2.45, 2.75) is 6.17 Å². The number of benzene rings is 1. The lowest BCUT2D eigenvalue weighted by Crippen LogP contribution is -2.43. The van der Waals surface area contributed by atoms with Gasteiger partial charge in [0.1, 0.15) is 0 Å². The van der Waals surface area contributed by atoms with Crippen molar-refractivity contribution in [1.29, 1.82) is 0 Å². The summed E-state index contributed by atoms with van der Waals surface area (Å²) in [5.74, 6) is -0.846. The van der Waals surface area contributed by atoms with E-state index in [9.17, 15) is 14.0 Å². The molecule has 3 rings (SSSR count). The molecule has 2 aromatic rings. The molecular weight excluding hydrogens is 289 g/mol. The Kier molecular flexibility index (Phi) is 3.89. The maximum Gasteiger partial charge on any atom is 0.265 e. The Balaban J connectivity index is 2.00. The molecule has 22 heavy (non-hydrogen) atoms. The van der Waals surface area contributed by atoms with Crippen LogP contribution in [0.2, 0.25) is 0 Å². The van der Waals surface area contributed by atoms with Crippen LogP contribution in [0.4, 0.5) is 4.39 Å². The van der Waals surface area contributed by atoms with Crippen LogP contribution in [-0.4, -0.2) is 46.7 Å². The second-order valence-corrected chi connectivity index (χ2v) is 5.15. The Morgan fingerprint density at radius 1 is 1.32 bits per heavy atom. The van der Waals surface area contributed by atoms with Gasteiger partial charge in [0.15, 0.2) is 5.82 Å². The van der Waals surface area contributed by atoms with Gasteiger partial charge in [0, 0.05) is 20.1 Å². The quantitative estimate of drug-likeness (QED) is 0.823. The van der Waals surface area contributed by atoms with E-state index in [0.717, 1.165) is 4.57 Å². The summed E-state index contributed by atoms with van der Waals surface area (Å²) in [7, 11) is 1.43. The van der Waals surface area contributed by atoms with Crippen molar-refractivity contribution in [1.82, 2.24) is 14.5 Å². The molecule has 1 aromatic heterocycles. The normalized spacial score (nSPS) is 16.7. The first-order valence-corrected chi connectivity index (χ1v) is 7.06. The molecule has 7 heteroatoms. The van der Waals surface area contributed by atoms with Gasteiger partial charge in [-0.25, -0.2) is 9.37 Å². The molecule has 116 valence electrons. The lowest BCUT2D eigenvalue weighted by molar-refractivity contribution is -0.141. The number of carbonyl (C=O) groups excluding carboxylic acids is 1. The van der Waals surface area contributed by atoms with Gasteiger partial charge < -0.3 is 9.64 Å². The highest BCUT2D eigenvalue weighted by atomic mass is 19.1. The molecule has 0 aliphatic carbocycles. The van der Waals surface area contributed by atoms with Crippen LogP contribution in [0.1, 0.15) is 12.0 Å². The lowest BCUT2D eigenvalue weighted by atomic mass is 10.2. The van der Waals surface area contributed by atoms with E-state index in [1.165, 1.54) is 11.9 Å². The molecule has 1 saturated heterocycles. The van der Waals surface area contributed by atoms with Crippen LogP contribution in [0.25, 0.3) is 10.9 Å². The molecule has 1 aromatic carbocycles. The zero-order chi connectivity index (χ0) is 15.7. The Bertz CT molecular complexity index is 768. The lowest BCUT2D eigenvalue weighted by Gasteiger charge is -2.28. The molecule has 1 atom stereocenters. The molecule has 2 heterocycles. The molecule has 1 aliphatic heterocycles. The van der Waals surface area contributed by atoms with E-state index in [-0.39, 0.29) is 11.4 Å². The number of alkyl halides is 1. The second-order valence-electron chi connectivity index (χ2n) is 5.15. The van der Waals surface area contributed by atoms with E-state index in [2.05, 4.69) is 4.98 Å². The first kappa shape index (κ1) is 14.6. The van der Waals surface area contributed by atoms with Crippen LogP contribution in [0.5, 0.6) is 0 Å². The summed E-state index contributed by atoms with van der Waals surface area (Å²) in [5, 5.41) is 0.403. The third-order valence-electron chi connectivity index (χ3n) is 3.78. The van der Waals surface area contributed by atoms with Gasteiger partial charge in [-0.1, -0.05) is 12.1 Å². The average molecular weight is 305 g/mol. The average Bonchev–Trinajstić information content (AvgIpc) is 2.57. The van der Waals surface area contributed by atoms with Gasteiger partial charge in [0.05, 0.1) is 24.1 Å². The molecule has 0 N–H and O–H groups in total. The van der Waals surface area contributed by atoms with Crippen molar-refractivity contribution in [3.8, 4) is 0 Å². The van der Waals surface area contributed by atoms with Crippen molar-refractivity contribution < 1.29 is 13.9 Å². The number of hydrogen-bond acceptors (Lipinski definition) is 4. The summed E-state index contributed by atoms with van der Waals surface area (Å²) >= 11 is 0. The number of aromatic nitrogens is 2. The van der Waals surface area contributed by atoms with E-state index >= 15 is 0 Å². The van der Waals surface area contributed by atoms with Crippen LogP contribution in [0.3, 0.4) is 0 Å². The van der Waals surface area contributed by atoms with Crippen molar-refractivity contribution in [2.24, 2.45) is 7.05 Å². The molecule has 0 bridgehead atoms. The molecule has 1 aliphatic rings. The zero-order valence-corrected chi connectivity index (χ0v) is 12.2. The highest BCUT2D eigenvalue weighted by Gasteiger charge is 2.30. The predicted octanol–water partition coefficient (Wildman–Crippen LogP) is 0.803. The highest BCUT2D eigenvalue weighted by molar-refractivity contribution is 5.83. The predicted molar refractivity (Wildman–Crippen MR) is 78.2 cm³/mol. The summed E-state index contributed by atoms with van der Waals surface area (Å²) < 4.78 is 20.9. The van der Waals surface area contributed by atoms with Crippen LogP contribution < -0.4 is 5.56 Å². The Morgan fingerprint density at radius 2 is 2.00 bits per heavy atom. The minimum Gasteiger partial charge on any atom is -0.378 e. The molecule has 0 radical (unpaired) electrons. The van der Waals surface area contributed by atoms with Crippen molar-refractivity contribution >= 4 is 16.8 Å². The number of hydrogen-bond donors (Lipinski definition) is 0. The fourth-order valence-electron chi connectivity index (χ4n) is 2.52. The number of fused-ring (bicyclic) bond motifs is 1. The zero-order valence-electron chi connectivity index (χ0n) is 12.2. The monoisotopic (exact) mass is 305 g/mol. The minimum atomic E-state index is -1.96. The van der Waals surface area contributed by atoms with Gasteiger partial charge in [-0.2, -0.15) is 0 Å². The third-order valence-corrected chi connectivity index (χ3v) is 3.78. The first-order chi connectivity index (χ1) is 10.6. The maximum absolute atomic E-state index is 14.6. The summed E-state index contributed by atoms with van der Waals surface area (Å²) in [6, 6.07) is 6.70. The van der Waals surface area contributed by atoms with Crippen molar-refractivity contribution in [3.63, 3.8) is 0 Å². The van der Waals surface area contributed by atoms with E-state index in [0.29, 0.717) is 37.2 Å². The molecule has 0 spiro atoms. The summed E-state index contributed by atoms with van der Waals surface area (Å²) in [6.07, 6.45) is -1.96. The molecule has 1 amide bonds. The number of amides is 1. The molecule has 1 unspecified atom stereocenters. The fourth-order valence-corrected chi connectivity index (χ4v) is 2.52. The van der Waals surface area contributed by atoms with Gasteiger partial charge in [-0.05, 0) is 12.1 Å². The van der Waals surface area contributed by atoms with Gasteiger partial charge in [-0.3, -0.25) is 14.2 Å². The molecule has 6 nitrogen and oxygen atoms in total. The number of para-hydroxylation sites is 1.